The predicted molar refractivity (Wildman–Crippen MR) is 137 cm³/mol. The highest BCUT2D eigenvalue weighted by molar-refractivity contribution is 7.16. The highest BCUT2D eigenvalue weighted by Crippen LogP contribution is 2.44. The van der Waals surface area contributed by atoms with Gasteiger partial charge in [0.15, 0.2) is 0 Å². The summed E-state index contributed by atoms with van der Waals surface area (Å²) in [6.45, 7) is 6.84. The van der Waals surface area contributed by atoms with Gasteiger partial charge in [-0.05, 0) is 59.7 Å². The van der Waals surface area contributed by atoms with Crippen LogP contribution in [0.3, 0.4) is 0 Å². The van der Waals surface area contributed by atoms with Gasteiger partial charge in [0.1, 0.15) is 11.1 Å². The third-order valence-corrected chi connectivity index (χ3v) is 8.63. The van der Waals surface area contributed by atoms with Crippen LogP contribution in [0.1, 0.15) is 53.6 Å². The molecule has 1 aromatic carbocycles. The highest BCUT2D eigenvalue weighted by Gasteiger charge is 2.32. The molecular weight excluding hydrogens is 446 g/mol. The fraction of sp³-hybridized carbons (Fsp3) is 0.296. The molecule has 1 aliphatic carbocycles. The third kappa shape index (κ3) is 4.07. The fourth-order valence-corrected chi connectivity index (χ4v) is 6.57. The molecule has 3 heterocycles. The van der Waals surface area contributed by atoms with E-state index in [1.807, 2.05) is 47.8 Å². The van der Waals surface area contributed by atoms with Crippen LogP contribution in [0.5, 0.6) is 0 Å². The Hall–Kier alpha value is -3.01. The number of nitriles is 1. The third-order valence-electron chi connectivity index (χ3n) is 6.56. The number of rotatable bonds is 3. The van der Waals surface area contributed by atoms with Gasteiger partial charge in [-0.15, -0.1) is 22.7 Å². The van der Waals surface area contributed by atoms with Crippen molar-refractivity contribution in [3.8, 4) is 16.6 Å². The van der Waals surface area contributed by atoms with E-state index in [2.05, 4.69) is 32.2 Å². The first-order valence-electron chi connectivity index (χ1n) is 11.1. The summed E-state index contributed by atoms with van der Waals surface area (Å²) in [5.41, 5.74) is 4.13. The lowest BCUT2D eigenvalue weighted by atomic mass is 9.72. The van der Waals surface area contributed by atoms with Gasteiger partial charge in [0.2, 0.25) is 0 Å². The highest BCUT2D eigenvalue weighted by atomic mass is 32.1. The summed E-state index contributed by atoms with van der Waals surface area (Å²) in [6, 6.07) is 15.9. The van der Waals surface area contributed by atoms with Crippen molar-refractivity contribution in [2.45, 2.75) is 40.0 Å². The van der Waals surface area contributed by atoms with Crippen molar-refractivity contribution in [3.05, 3.63) is 69.4 Å². The van der Waals surface area contributed by atoms with Crippen LogP contribution in [0, 0.1) is 22.7 Å². The zero-order chi connectivity index (χ0) is 23.2. The first-order valence-corrected chi connectivity index (χ1v) is 12.8. The van der Waals surface area contributed by atoms with Gasteiger partial charge in [-0.1, -0.05) is 45.0 Å². The number of hydrogen-bond acceptors (Lipinski definition) is 5. The number of nitrogens with one attached hydrogen (secondary N) is 1. The Morgan fingerprint density at radius 1 is 1.21 bits per heavy atom. The second-order valence-corrected chi connectivity index (χ2v) is 11.7. The smallest absolute Gasteiger partial charge is 0.257 e. The summed E-state index contributed by atoms with van der Waals surface area (Å²) in [4.78, 5) is 20.5. The molecule has 0 saturated carbocycles. The molecule has 0 fully saturated rings. The van der Waals surface area contributed by atoms with Crippen LogP contribution in [0.15, 0.2) is 47.8 Å². The second kappa shape index (κ2) is 8.40. The number of benzene rings is 1. The van der Waals surface area contributed by atoms with Gasteiger partial charge in [0.25, 0.3) is 5.91 Å². The SMILES string of the molecule is CC(C)(C)C1CCc2c(sc(NC(=O)c3cc(-c4cccs4)nc4ccccc34)c2C#N)C1. The van der Waals surface area contributed by atoms with Gasteiger partial charge < -0.3 is 5.32 Å². The molecule has 4 aromatic rings. The number of nitrogens with zero attached hydrogens (tertiary/aromatic N) is 2. The molecule has 33 heavy (non-hydrogen) atoms. The van der Waals surface area contributed by atoms with E-state index in [-0.39, 0.29) is 11.3 Å². The number of carbonyl (C=O) groups excluding carboxylic acids is 1. The minimum Gasteiger partial charge on any atom is -0.312 e. The summed E-state index contributed by atoms with van der Waals surface area (Å²) in [7, 11) is 0. The van der Waals surface area contributed by atoms with Crippen molar-refractivity contribution in [2.75, 3.05) is 5.32 Å². The van der Waals surface area contributed by atoms with Crippen LogP contribution < -0.4 is 5.32 Å². The van der Waals surface area contributed by atoms with Crippen LogP contribution in [0.4, 0.5) is 5.00 Å². The Kier molecular flexibility index (Phi) is 5.55. The Morgan fingerprint density at radius 2 is 2.03 bits per heavy atom. The largest absolute Gasteiger partial charge is 0.312 e. The van der Waals surface area contributed by atoms with E-state index in [0.717, 1.165) is 46.3 Å². The van der Waals surface area contributed by atoms with Crippen molar-refractivity contribution in [1.82, 2.24) is 4.98 Å². The Balaban J connectivity index is 1.52. The van der Waals surface area contributed by atoms with E-state index < -0.39 is 0 Å². The molecule has 0 saturated heterocycles. The zero-order valence-electron chi connectivity index (χ0n) is 18.9. The summed E-state index contributed by atoms with van der Waals surface area (Å²) >= 11 is 3.17. The van der Waals surface area contributed by atoms with Crippen molar-refractivity contribution >= 4 is 44.5 Å². The Morgan fingerprint density at radius 3 is 2.76 bits per heavy atom. The Bertz CT molecular complexity index is 1390. The quantitative estimate of drug-likeness (QED) is 0.341. The van der Waals surface area contributed by atoms with Crippen LogP contribution in [-0.4, -0.2) is 10.9 Å². The number of amides is 1. The maximum atomic E-state index is 13.5. The lowest BCUT2D eigenvalue weighted by molar-refractivity contribution is 0.102. The molecule has 1 amide bonds. The molecule has 1 N–H and O–H groups in total. The van der Waals surface area contributed by atoms with E-state index in [1.165, 1.54) is 4.88 Å². The zero-order valence-corrected chi connectivity index (χ0v) is 20.6. The Labute approximate surface area is 201 Å². The summed E-state index contributed by atoms with van der Waals surface area (Å²) in [5, 5.41) is 16.5. The molecule has 3 aromatic heterocycles. The topological polar surface area (TPSA) is 65.8 Å². The first-order chi connectivity index (χ1) is 15.8. The molecule has 1 aliphatic rings. The van der Waals surface area contributed by atoms with E-state index in [4.69, 9.17) is 4.98 Å². The monoisotopic (exact) mass is 471 g/mol. The lowest BCUT2D eigenvalue weighted by Gasteiger charge is -2.33. The number of anilines is 1. The first kappa shape index (κ1) is 21.8. The molecule has 0 aliphatic heterocycles. The average molecular weight is 472 g/mol. The molecule has 4 nitrogen and oxygen atoms in total. The number of pyridine rings is 1. The van der Waals surface area contributed by atoms with Crippen molar-refractivity contribution in [3.63, 3.8) is 0 Å². The molecule has 1 unspecified atom stereocenters. The number of hydrogen-bond donors (Lipinski definition) is 1. The minimum atomic E-state index is -0.200. The standard InChI is InChI=1S/C27H25N3OS2/c1-27(2,3)16-10-11-18-20(15-28)26(33-24(18)13-16)30-25(31)19-14-22(23-9-6-12-32-23)29-21-8-5-4-7-17(19)21/h4-9,12,14,16H,10-11,13H2,1-3H3,(H,30,31). The van der Waals surface area contributed by atoms with Gasteiger partial charge >= 0.3 is 0 Å². The summed E-state index contributed by atoms with van der Waals surface area (Å²) in [5.74, 6) is 0.380. The van der Waals surface area contributed by atoms with Gasteiger partial charge in [-0.25, -0.2) is 4.98 Å². The molecule has 0 radical (unpaired) electrons. The fourth-order valence-electron chi connectivity index (χ4n) is 4.62. The molecule has 166 valence electrons. The number of thiophene rings is 2. The van der Waals surface area contributed by atoms with E-state index in [1.54, 1.807) is 22.7 Å². The van der Waals surface area contributed by atoms with E-state index >= 15 is 0 Å². The van der Waals surface area contributed by atoms with Crippen LogP contribution >= 0.6 is 22.7 Å². The van der Waals surface area contributed by atoms with Crippen molar-refractivity contribution in [1.29, 1.82) is 5.26 Å². The van der Waals surface area contributed by atoms with E-state index in [0.29, 0.717) is 22.0 Å². The second-order valence-electron chi connectivity index (χ2n) is 9.63. The maximum Gasteiger partial charge on any atom is 0.257 e. The van der Waals surface area contributed by atoms with Gasteiger partial charge in [-0.2, -0.15) is 5.26 Å². The average Bonchev–Trinajstić information content (AvgIpc) is 3.45. The maximum absolute atomic E-state index is 13.5. The molecule has 6 heteroatoms. The van der Waals surface area contributed by atoms with Crippen LogP contribution in [0.25, 0.3) is 21.5 Å². The number of carbonyl (C=O) groups is 1. The van der Waals surface area contributed by atoms with E-state index in [9.17, 15) is 10.1 Å². The molecular formula is C27H25N3OS2. The summed E-state index contributed by atoms with van der Waals surface area (Å²) in [6.07, 6.45) is 2.94. The molecule has 5 rings (SSSR count). The van der Waals surface area contributed by atoms with Gasteiger partial charge in [0, 0.05) is 10.3 Å². The minimum absolute atomic E-state index is 0.200. The lowest BCUT2D eigenvalue weighted by Crippen LogP contribution is -2.26. The normalized spacial score (nSPS) is 15.8. The summed E-state index contributed by atoms with van der Waals surface area (Å²) < 4.78 is 0. The molecule has 0 spiro atoms. The van der Waals surface area contributed by atoms with Gasteiger partial charge in [-0.3, -0.25) is 4.79 Å². The number of para-hydroxylation sites is 1. The van der Waals surface area contributed by atoms with Gasteiger partial charge in [0.05, 0.1) is 27.2 Å². The number of fused-ring (bicyclic) bond motifs is 2. The predicted octanol–water partition coefficient (Wildman–Crippen LogP) is 7.30. The molecule has 1 atom stereocenters. The van der Waals surface area contributed by atoms with Crippen molar-refractivity contribution < 1.29 is 4.79 Å². The van der Waals surface area contributed by atoms with Crippen LogP contribution in [-0.2, 0) is 12.8 Å². The number of aromatic nitrogens is 1. The van der Waals surface area contributed by atoms with Crippen LogP contribution in [0.2, 0.25) is 0 Å². The molecule has 0 bridgehead atoms. The van der Waals surface area contributed by atoms with Crippen molar-refractivity contribution in [2.24, 2.45) is 11.3 Å².